The highest BCUT2D eigenvalue weighted by molar-refractivity contribution is 7.14. The van der Waals surface area contributed by atoms with Crippen LogP contribution < -0.4 is 20.3 Å². The van der Waals surface area contributed by atoms with Crippen molar-refractivity contribution in [3.63, 3.8) is 0 Å². The first-order chi connectivity index (χ1) is 14.6. The van der Waals surface area contributed by atoms with E-state index in [1.54, 1.807) is 44.7 Å². The summed E-state index contributed by atoms with van der Waals surface area (Å²) in [6, 6.07) is 12.5. The van der Waals surface area contributed by atoms with Gasteiger partial charge in [-0.2, -0.15) is 5.10 Å². The van der Waals surface area contributed by atoms with E-state index in [0.29, 0.717) is 27.7 Å². The normalized spacial score (nSPS) is 10.7. The van der Waals surface area contributed by atoms with Gasteiger partial charge in [0.1, 0.15) is 18.0 Å². The van der Waals surface area contributed by atoms with Crippen LogP contribution in [0.5, 0.6) is 11.5 Å². The molecule has 9 heteroatoms. The Morgan fingerprint density at radius 3 is 2.80 bits per heavy atom. The monoisotopic (exact) mass is 422 g/mol. The zero-order chi connectivity index (χ0) is 21.1. The van der Waals surface area contributed by atoms with Gasteiger partial charge in [0.25, 0.3) is 5.56 Å². The van der Waals surface area contributed by atoms with Gasteiger partial charge in [-0.05, 0) is 18.2 Å². The van der Waals surface area contributed by atoms with Crippen LogP contribution in [-0.2, 0) is 11.3 Å². The van der Waals surface area contributed by atoms with E-state index in [1.807, 2.05) is 23.6 Å². The molecule has 2 heterocycles. The van der Waals surface area contributed by atoms with Crippen molar-refractivity contribution >= 4 is 33.1 Å². The number of aromatic nitrogens is 3. The summed E-state index contributed by atoms with van der Waals surface area (Å²) in [4.78, 5) is 29.4. The van der Waals surface area contributed by atoms with E-state index in [2.05, 4.69) is 15.4 Å². The van der Waals surface area contributed by atoms with Gasteiger partial charge in [0, 0.05) is 22.4 Å². The summed E-state index contributed by atoms with van der Waals surface area (Å²) in [5.74, 6) is 0.902. The number of benzene rings is 2. The lowest BCUT2D eigenvalue weighted by Crippen LogP contribution is -2.29. The number of hydrogen-bond acceptors (Lipinski definition) is 7. The van der Waals surface area contributed by atoms with Gasteiger partial charge in [0.15, 0.2) is 5.13 Å². The van der Waals surface area contributed by atoms with Crippen molar-refractivity contribution in [3.8, 4) is 22.8 Å². The Balaban J connectivity index is 1.51. The zero-order valence-corrected chi connectivity index (χ0v) is 17.1. The highest BCUT2D eigenvalue weighted by Gasteiger charge is 2.14. The smallest absolute Gasteiger partial charge is 0.275 e. The molecule has 1 amide bonds. The van der Waals surface area contributed by atoms with Crippen molar-refractivity contribution in [3.05, 3.63) is 64.4 Å². The second-order valence-corrected chi connectivity index (χ2v) is 7.21. The Morgan fingerprint density at radius 1 is 1.17 bits per heavy atom. The van der Waals surface area contributed by atoms with E-state index in [0.717, 1.165) is 15.6 Å². The van der Waals surface area contributed by atoms with Gasteiger partial charge in [-0.25, -0.2) is 9.67 Å². The fraction of sp³-hybridized carbons (Fsp3) is 0.143. The SMILES string of the molecule is COc1ccc(-c2csc(NC(=O)Cn3ncc4ccccc4c3=O)n2)c(OC)c1. The molecule has 0 saturated carbocycles. The lowest BCUT2D eigenvalue weighted by Gasteiger charge is -2.08. The van der Waals surface area contributed by atoms with Gasteiger partial charge < -0.3 is 14.8 Å². The predicted molar refractivity (Wildman–Crippen MR) is 115 cm³/mol. The quantitative estimate of drug-likeness (QED) is 0.513. The number of thiazole rings is 1. The third kappa shape index (κ3) is 3.87. The summed E-state index contributed by atoms with van der Waals surface area (Å²) >= 11 is 1.28. The van der Waals surface area contributed by atoms with E-state index in [9.17, 15) is 9.59 Å². The molecule has 0 aliphatic heterocycles. The van der Waals surface area contributed by atoms with Crippen LogP contribution in [0.2, 0.25) is 0 Å². The second kappa shape index (κ2) is 8.34. The van der Waals surface area contributed by atoms with Gasteiger partial charge >= 0.3 is 0 Å². The Labute approximate surface area is 175 Å². The maximum atomic E-state index is 12.5. The third-order valence-electron chi connectivity index (χ3n) is 4.49. The minimum absolute atomic E-state index is 0.204. The van der Waals surface area contributed by atoms with Gasteiger partial charge in [0.05, 0.1) is 31.5 Å². The number of ether oxygens (including phenoxy) is 2. The summed E-state index contributed by atoms with van der Waals surface area (Å²) in [7, 11) is 3.16. The molecule has 4 aromatic rings. The van der Waals surface area contributed by atoms with Crippen LogP contribution in [0.15, 0.2) is 58.8 Å². The number of methoxy groups -OCH3 is 2. The Kier molecular flexibility index (Phi) is 5.44. The number of carbonyl (C=O) groups is 1. The summed E-state index contributed by atoms with van der Waals surface area (Å²) in [5.41, 5.74) is 1.13. The van der Waals surface area contributed by atoms with E-state index in [1.165, 1.54) is 11.3 Å². The summed E-state index contributed by atoms with van der Waals surface area (Å²) in [6.07, 6.45) is 1.57. The van der Waals surface area contributed by atoms with Gasteiger partial charge in [-0.15, -0.1) is 11.3 Å². The molecular weight excluding hydrogens is 404 g/mol. The number of fused-ring (bicyclic) bond motifs is 1. The number of anilines is 1. The molecule has 4 rings (SSSR count). The highest BCUT2D eigenvalue weighted by atomic mass is 32.1. The third-order valence-corrected chi connectivity index (χ3v) is 5.25. The number of carbonyl (C=O) groups excluding carboxylic acids is 1. The van der Waals surface area contributed by atoms with Crippen molar-refractivity contribution in [2.24, 2.45) is 0 Å². The molecule has 0 spiro atoms. The molecule has 1 N–H and O–H groups in total. The van der Waals surface area contributed by atoms with E-state index < -0.39 is 0 Å². The largest absolute Gasteiger partial charge is 0.497 e. The Morgan fingerprint density at radius 2 is 2.00 bits per heavy atom. The standard InChI is InChI=1S/C21H18N4O4S/c1-28-14-7-8-16(18(9-14)29-2)17-12-30-21(23-17)24-19(26)11-25-20(27)15-6-4-3-5-13(15)10-22-25/h3-10,12H,11H2,1-2H3,(H,23,24,26). The van der Waals surface area contributed by atoms with Crippen LogP contribution in [0.4, 0.5) is 5.13 Å². The van der Waals surface area contributed by atoms with E-state index >= 15 is 0 Å². The van der Waals surface area contributed by atoms with E-state index in [4.69, 9.17) is 9.47 Å². The molecule has 152 valence electrons. The second-order valence-electron chi connectivity index (χ2n) is 6.35. The average molecular weight is 422 g/mol. The maximum Gasteiger partial charge on any atom is 0.275 e. The average Bonchev–Trinajstić information content (AvgIpc) is 3.23. The van der Waals surface area contributed by atoms with E-state index in [-0.39, 0.29) is 18.0 Å². The van der Waals surface area contributed by atoms with Crippen molar-refractivity contribution in [1.82, 2.24) is 14.8 Å². The lowest BCUT2D eigenvalue weighted by atomic mass is 10.1. The zero-order valence-electron chi connectivity index (χ0n) is 16.3. The topological polar surface area (TPSA) is 95.3 Å². The van der Waals surface area contributed by atoms with Crippen LogP contribution >= 0.6 is 11.3 Å². The molecular formula is C21H18N4O4S. The van der Waals surface area contributed by atoms with Gasteiger partial charge in [-0.1, -0.05) is 18.2 Å². The Hall–Kier alpha value is -3.72. The number of amides is 1. The summed E-state index contributed by atoms with van der Waals surface area (Å²) in [5, 5.41) is 10.3. The number of hydrogen-bond donors (Lipinski definition) is 1. The van der Waals surface area contributed by atoms with Crippen LogP contribution in [0.25, 0.3) is 22.0 Å². The predicted octanol–water partition coefficient (Wildman–Crippen LogP) is 3.18. The number of nitrogens with one attached hydrogen (secondary N) is 1. The van der Waals surface area contributed by atoms with Crippen LogP contribution in [0.3, 0.4) is 0 Å². The van der Waals surface area contributed by atoms with Crippen molar-refractivity contribution < 1.29 is 14.3 Å². The molecule has 0 unspecified atom stereocenters. The first-order valence-electron chi connectivity index (χ1n) is 9.01. The highest BCUT2D eigenvalue weighted by Crippen LogP contribution is 2.34. The van der Waals surface area contributed by atoms with Crippen molar-refractivity contribution in [1.29, 1.82) is 0 Å². The molecule has 0 saturated heterocycles. The van der Waals surface area contributed by atoms with Gasteiger partial charge in [-0.3, -0.25) is 9.59 Å². The summed E-state index contributed by atoms with van der Waals surface area (Å²) < 4.78 is 11.8. The molecule has 2 aromatic carbocycles. The maximum absolute atomic E-state index is 12.5. The van der Waals surface area contributed by atoms with Crippen molar-refractivity contribution in [2.75, 3.05) is 19.5 Å². The van der Waals surface area contributed by atoms with Crippen molar-refractivity contribution in [2.45, 2.75) is 6.54 Å². The molecule has 0 fully saturated rings. The minimum atomic E-state index is -0.387. The first-order valence-corrected chi connectivity index (χ1v) is 9.89. The minimum Gasteiger partial charge on any atom is -0.497 e. The van der Waals surface area contributed by atoms with Crippen LogP contribution in [0, 0.1) is 0 Å². The molecule has 0 atom stereocenters. The fourth-order valence-electron chi connectivity index (χ4n) is 3.00. The van der Waals surface area contributed by atoms with Crippen LogP contribution in [0.1, 0.15) is 0 Å². The molecule has 8 nitrogen and oxygen atoms in total. The fourth-order valence-corrected chi connectivity index (χ4v) is 3.73. The molecule has 30 heavy (non-hydrogen) atoms. The first kappa shape index (κ1) is 19.6. The number of rotatable bonds is 6. The molecule has 0 bridgehead atoms. The molecule has 0 aliphatic rings. The molecule has 0 radical (unpaired) electrons. The molecule has 2 aromatic heterocycles. The van der Waals surface area contributed by atoms with Gasteiger partial charge in [0.2, 0.25) is 5.91 Å². The Bertz CT molecular complexity index is 1280. The van der Waals surface area contributed by atoms with Crippen LogP contribution in [-0.4, -0.2) is 34.9 Å². The number of nitrogens with zero attached hydrogens (tertiary/aromatic N) is 3. The summed E-state index contributed by atoms with van der Waals surface area (Å²) in [6.45, 7) is -0.204. The molecule has 0 aliphatic carbocycles. The lowest BCUT2D eigenvalue weighted by molar-refractivity contribution is -0.117.